The lowest BCUT2D eigenvalue weighted by Crippen LogP contribution is -2.45. The van der Waals surface area contributed by atoms with Gasteiger partial charge in [0.15, 0.2) is 0 Å². The Balaban J connectivity index is 1.68. The Morgan fingerprint density at radius 1 is 1.35 bits per heavy atom. The van der Waals surface area contributed by atoms with E-state index in [-0.39, 0.29) is 11.9 Å². The van der Waals surface area contributed by atoms with Crippen LogP contribution in [0.5, 0.6) is 0 Å². The minimum atomic E-state index is -0.182. The summed E-state index contributed by atoms with van der Waals surface area (Å²) in [5, 5.41) is 3.41. The van der Waals surface area contributed by atoms with Crippen LogP contribution in [0.25, 0.3) is 0 Å². The SMILES string of the molecule is COCCN(C)c1ccc(CN2CCNCC2c2cccc(F)c2)cn1. The van der Waals surface area contributed by atoms with E-state index in [1.54, 1.807) is 19.2 Å². The molecule has 1 atom stereocenters. The van der Waals surface area contributed by atoms with Crippen LogP contribution < -0.4 is 10.2 Å². The van der Waals surface area contributed by atoms with E-state index in [2.05, 4.69) is 26.2 Å². The predicted molar refractivity (Wildman–Crippen MR) is 102 cm³/mol. The third kappa shape index (κ3) is 4.78. The molecule has 1 N–H and O–H groups in total. The molecule has 1 fully saturated rings. The van der Waals surface area contributed by atoms with Gasteiger partial charge in [-0.05, 0) is 29.3 Å². The molecule has 0 amide bonds. The Morgan fingerprint density at radius 2 is 2.23 bits per heavy atom. The van der Waals surface area contributed by atoms with E-state index in [9.17, 15) is 4.39 Å². The van der Waals surface area contributed by atoms with Crippen molar-refractivity contribution < 1.29 is 9.13 Å². The largest absolute Gasteiger partial charge is 0.383 e. The topological polar surface area (TPSA) is 40.6 Å². The number of pyridine rings is 1. The number of rotatable bonds is 7. The first-order valence-corrected chi connectivity index (χ1v) is 9.02. The summed E-state index contributed by atoms with van der Waals surface area (Å²) in [5.74, 6) is 0.755. The van der Waals surface area contributed by atoms with Crippen LogP contribution in [0.2, 0.25) is 0 Å². The number of benzene rings is 1. The van der Waals surface area contributed by atoms with Crippen LogP contribution in [-0.2, 0) is 11.3 Å². The molecule has 1 aromatic carbocycles. The molecular formula is C20H27FN4O. The van der Waals surface area contributed by atoms with Gasteiger partial charge in [-0.1, -0.05) is 18.2 Å². The second-order valence-electron chi connectivity index (χ2n) is 6.68. The molecule has 0 aliphatic carbocycles. The van der Waals surface area contributed by atoms with Crippen molar-refractivity contribution in [3.8, 4) is 0 Å². The summed E-state index contributed by atoms with van der Waals surface area (Å²) < 4.78 is 18.7. The number of hydrogen-bond donors (Lipinski definition) is 1. The fraction of sp³-hybridized carbons (Fsp3) is 0.450. The molecule has 1 saturated heterocycles. The van der Waals surface area contributed by atoms with Gasteiger partial charge in [0.2, 0.25) is 0 Å². The first kappa shape index (κ1) is 18.8. The maximum atomic E-state index is 13.6. The molecule has 5 nitrogen and oxygen atoms in total. The molecule has 3 rings (SSSR count). The number of ether oxygens (including phenoxy) is 1. The number of aromatic nitrogens is 1. The minimum Gasteiger partial charge on any atom is -0.383 e. The van der Waals surface area contributed by atoms with Crippen LogP contribution >= 0.6 is 0 Å². The molecule has 1 aromatic heterocycles. The molecule has 26 heavy (non-hydrogen) atoms. The average Bonchev–Trinajstić information content (AvgIpc) is 2.67. The van der Waals surface area contributed by atoms with E-state index in [0.29, 0.717) is 6.61 Å². The predicted octanol–water partition coefficient (Wildman–Crippen LogP) is 2.45. The molecule has 0 bridgehead atoms. The lowest BCUT2D eigenvalue weighted by Gasteiger charge is -2.36. The van der Waals surface area contributed by atoms with Crippen LogP contribution in [0.3, 0.4) is 0 Å². The van der Waals surface area contributed by atoms with Gasteiger partial charge >= 0.3 is 0 Å². The second kappa shape index (κ2) is 9.07. The molecule has 140 valence electrons. The fourth-order valence-electron chi connectivity index (χ4n) is 3.29. The zero-order valence-corrected chi connectivity index (χ0v) is 15.5. The molecule has 1 aliphatic rings. The highest BCUT2D eigenvalue weighted by Gasteiger charge is 2.24. The molecule has 1 unspecified atom stereocenters. The van der Waals surface area contributed by atoms with E-state index < -0.39 is 0 Å². The zero-order chi connectivity index (χ0) is 18.4. The lowest BCUT2D eigenvalue weighted by molar-refractivity contribution is 0.153. The Bertz CT molecular complexity index is 694. The van der Waals surface area contributed by atoms with Gasteiger partial charge in [-0.3, -0.25) is 4.90 Å². The Labute approximate surface area is 154 Å². The summed E-state index contributed by atoms with van der Waals surface area (Å²) in [4.78, 5) is 9.04. The summed E-state index contributed by atoms with van der Waals surface area (Å²) in [5.41, 5.74) is 2.18. The highest BCUT2D eigenvalue weighted by atomic mass is 19.1. The van der Waals surface area contributed by atoms with Crippen LogP contribution in [0.15, 0.2) is 42.6 Å². The average molecular weight is 358 g/mol. The van der Waals surface area contributed by atoms with Crippen molar-refractivity contribution >= 4 is 5.82 Å². The van der Waals surface area contributed by atoms with Gasteiger partial charge < -0.3 is 15.0 Å². The van der Waals surface area contributed by atoms with E-state index in [1.807, 2.05) is 25.4 Å². The van der Waals surface area contributed by atoms with Gasteiger partial charge in [0.25, 0.3) is 0 Å². The molecule has 0 radical (unpaired) electrons. The van der Waals surface area contributed by atoms with Crippen molar-refractivity contribution in [2.45, 2.75) is 12.6 Å². The summed E-state index contributed by atoms with van der Waals surface area (Å²) in [6.45, 7) is 4.98. The zero-order valence-electron chi connectivity index (χ0n) is 15.5. The quantitative estimate of drug-likeness (QED) is 0.823. The number of hydrogen-bond acceptors (Lipinski definition) is 5. The molecule has 6 heteroatoms. The number of piperazine rings is 1. The number of likely N-dealkylation sites (N-methyl/N-ethyl adjacent to an activating group) is 1. The monoisotopic (exact) mass is 358 g/mol. The molecule has 0 spiro atoms. The summed E-state index contributed by atoms with van der Waals surface area (Å²) in [6, 6.07) is 11.2. The van der Waals surface area contributed by atoms with Crippen LogP contribution in [0, 0.1) is 5.82 Å². The van der Waals surface area contributed by atoms with Crippen molar-refractivity contribution in [3.63, 3.8) is 0 Å². The first-order chi connectivity index (χ1) is 12.7. The molecular weight excluding hydrogens is 331 g/mol. The lowest BCUT2D eigenvalue weighted by atomic mass is 10.0. The summed E-state index contributed by atoms with van der Waals surface area (Å²) >= 11 is 0. The van der Waals surface area contributed by atoms with E-state index in [0.717, 1.165) is 49.7 Å². The van der Waals surface area contributed by atoms with Gasteiger partial charge in [-0.25, -0.2) is 9.37 Å². The van der Waals surface area contributed by atoms with Gasteiger partial charge in [0, 0.05) is 59.1 Å². The van der Waals surface area contributed by atoms with Crippen molar-refractivity contribution in [2.24, 2.45) is 0 Å². The maximum absolute atomic E-state index is 13.6. The summed E-state index contributed by atoms with van der Waals surface area (Å²) in [7, 11) is 3.71. The first-order valence-electron chi connectivity index (χ1n) is 9.02. The number of anilines is 1. The summed E-state index contributed by atoms with van der Waals surface area (Å²) in [6.07, 6.45) is 1.93. The Morgan fingerprint density at radius 3 is 2.96 bits per heavy atom. The molecule has 0 saturated carbocycles. The van der Waals surface area contributed by atoms with Gasteiger partial charge in [0.1, 0.15) is 11.6 Å². The fourth-order valence-corrected chi connectivity index (χ4v) is 3.29. The normalized spacial score (nSPS) is 18.0. The molecule has 2 aromatic rings. The minimum absolute atomic E-state index is 0.170. The van der Waals surface area contributed by atoms with Gasteiger partial charge in [-0.15, -0.1) is 0 Å². The van der Waals surface area contributed by atoms with Crippen molar-refractivity contribution in [1.82, 2.24) is 15.2 Å². The van der Waals surface area contributed by atoms with E-state index in [1.165, 1.54) is 6.07 Å². The van der Waals surface area contributed by atoms with Crippen molar-refractivity contribution in [2.75, 3.05) is 51.8 Å². The van der Waals surface area contributed by atoms with E-state index >= 15 is 0 Å². The highest BCUT2D eigenvalue weighted by Crippen LogP contribution is 2.25. The van der Waals surface area contributed by atoms with Gasteiger partial charge in [-0.2, -0.15) is 0 Å². The van der Waals surface area contributed by atoms with Crippen LogP contribution in [0.4, 0.5) is 10.2 Å². The number of halogens is 1. The van der Waals surface area contributed by atoms with Crippen LogP contribution in [-0.4, -0.2) is 56.8 Å². The Hall–Kier alpha value is -2.02. The number of nitrogens with zero attached hydrogens (tertiary/aromatic N) is 3. The third-order valence-electron chi connectivity index (χ3n) is 4.80. The van der Waals surface area contributed by atoms with Gasteiger partial charge in [0.05, 0.1) is 6.61 Å². The second-order valence-corrected chi connectivity index (χ2v) is 6.68. The Kier molecular flexibility index (Phi) is 6.55. The highest BCUT2D eigenvalue weighted by molar-refractivity contribution is 5.38. The molecule has 2 heterocycles. The number of nitrogens with one attached hydrogen (secondary N) is 1. The number of methoxy groups -OCH3 is 1. The van der Waals surface area contributed by atoms with Crippen molar-refractivity contribution in [1.29, 1.82) is 0 Å². The van der Waals surface area contributed by atoms with Crippen molar-refractivity contribution in [3.05, 3.63) is 59.5 Å². The van der Waals surface area contributed by atoms with E-state index in [4.69, 9.17) is 4.74 Å². The standard InChI is InChI=1S/C20H27FN4O/c1-24(10-11-26-2)20-7-6-16(13-23-20)15-25-9-8-22-14-19(25)17-4-3-5-18(21)12-17/h3-7,12-13,19,22H,8-11,14-15H2,1-2H3. The molecule has 1 aliphatic heterocycles. The maximum Gasteiger partial charge on any atom is 0.128 e. The smallest absolute Gasteiger partial charge is 0.128 e. The third-order valence-corrected chi connectivity index (χ3v) is 4.80. The van der Waals surface area contributed by atoms with Crippen LogP contribution in [0.1, 0.15) is 17.2 Å².